The van der Waals surface area contributed by atoms with Gasteiger partial charge in [0.15, 0.2) is 0 Å². The summed E-state index contributed by atoms with van der Waals surface area (Å²) in [5.41, 5.74) is 2.69. The SMILES string of the molecule is COc1ccc(CNc2nccc(C(=O)NCCCc3ccccc3)n2)cc1. The molecule has 0 saturated carbocycles. The first kappa shape index (κ1) is 19.4. The molecule has 2 aromatic carbocycles. The van der Waals surface area contributed by atoms with E-state index in [1.807, 2.05) is 42.5 Å². The van der Waals surface area contributed by atoms with Gasteiger partial charge >= 0.3 is 0 Å². The Bertz CT molecular complexity index is 883. The van der Waals surface area contributed by atoms with Gasteiger partial charge in [-0.2, -0.15) is 0 Å². The van der Waals surface area contributed by atoms with Crippen molar-refractivity contribution in [1.29, 1.82) is 0 Å². The van der Waals surface area contributed by atoms with Crippen molar-refractivity contribution in [2.24, 2.45) is 0 Å². The van der Waals surface area contributed by atoms with E-state index in [2.05, 4.69) is 32.7 Å². The lowest BCUT2D eigenvalue weighted by molar-refractivity contribution is 0.0948. The third-order valence-electron chi connectivity index (χ3n) is 4.27. The molecule has 6 nitrogen and oxygen atoms in total. The first-order chi connectivity index (χ1) is 13.7. The highest BCUT2D eigenvalue weighted by Gasteiger charge is 2.08. The van der Waals surface area contributed by atoms with Gasteiger partial charge in [-0.25, -0.2) is 9.97 Å². The molecule has 0 radical (unpaired) electrons. The number of carbonyl (C=O) groups excluding carboxylic acids is 1. The summed E-state index contributed by atoms with van der Waals surface area (Å²) < 4.78 is 5.15. The molecule has 1 aromatic heterocycles. The van der Waals surface area contributed by atoms with Crippen LogP contribution < -0.4 is 15.4 Å². The minimum Gasteiger partial charge on any atom is -0.497 e. The molecule has 0 aliphatic rings. The Morgan fingerprint density at radius 1 is 1.00 bits per heavy atom. The highest BCUT2D eigenvalue weighted by molar-refractivity contribution is 5.92. The first-order valence-electron chi connectivity index (χ1n) is 9.26. The van der Waals surface area contributed by atoms with Gasteiger partial charge in [-0.15, -0.1) is 0 Å². The molecule has 0 bridgehead atoms. The van der Waals surface area contributed by atoms with Crippen molar-refractivity contribution in [3.05, 3.63) is 83.7 Å². The van der Waals surface area contributed by atoms with Gasteiger partial charge in [-0.1, -0.05) is 42.5 Å². The average molecular weight is 376 g/mol. The van der Waals surface area contributed by atoms with E-state index >= 15 is 0 Å². The fourth-order valence-electron chi connectivity index (χ4n) is 2.72. The van der Waals surface area contributed by atoms with Crippen molar-refractivity contribution < 1.29 is 9.53 Å². The number of nitrogens with one attached hydrogen (secondary N) is 2. The van der Waals surface area contributed by atoms with Crippen LogP contribution in [0.25, 0.3) is 0 Å². The van der Waals surface area contributed by atoms with E-state index in [1.54, 1.807) is 19.4 Å². The lowest BCUT2D eigenvalue weighted by Gasteiger charge is -2.08. The summed E-state index contributed by atoms with van der Waals surface area (Å²) in [7, 11) is 1.64. The number of amides is 1. The number of anilines is 1. The van der Waals surface area contributed by atoms with Crippen LogP contribution in [0.4, 0.5) is 5.95 Å². The van der Waals surface area contributed by atoms with E-state index in [9.17, 15) is 4.79 Å². The largest absolute Gasteiger partial charge is 0.497 e. The van der Waals surface area contributed by atoms with Crippen LogP contribution in [0.15, 0.2) is 66.9 Å². The Kier molecular flexibility index (Phi) is 6.95. The van der Waals surface area contributed by atoms with Gasteiger partial charge < -0.3 is 15.4 Å². The number of methoxy groups -OCH3 is 1. The van der Waals surface area contributed by atoms with Gasteiger partial charge in [0, 0.05) is 19.3 Å². The lowest BCUT2D eigenvalue weighted by Crippen LogP contribution is -2.26. The number of aromatic nitrogens is 2. The Balaban J connectivity index is 1.46. The standard InChI is InChI=1S/C22H24N4O2/c1-28-19-11-9-18(10-12-19)16-25-22-24-15-13-20(26-22)21(27)23-14-5-8-17-6-3-2-4-7-17/h2-4,6-7,9-13,15H,5,8,14,16H2,1H3,(H,23,27)(H,24,25,26). The second-order valence-electron chi connectivity index (χ2n) is 6.31. The molecule has 0 aliphatic heterocycles. The van der Waals surface area contributed by atoms with E-state index in [-0.39, 0.29) is 5.91 Å². The fraction of sp³-hybridized carbons (Fsp3) is 0.227. The molecule has 0 aliphatic carbocycles. The number of benzene rings is 2. The molecular weight excluding hydrogens is 352 g/mol. The molecule has 6 heteroatoms. The quantitative estimate of drug-likeness (QED) is 0.559. The maximum absolute atomic E-state index is 12.3. The second-order valence-corrected chi connectivity index (χ2v) is 6.31. The predicted molar refractivity (Wildman–Crippen MR) is 109 cm³/mol. The van der Waals surface area contributed by atoms with Crippen molar-refractivity contribution in [2.75, 3.05) is 19.0 Å². The molecule has 0 spiro atoms. The Morgan fingerprint density at radius 3 is 2.54 bits per heavy atom. The summed E-state index contributed by atoms with van der Waals surface area (Å²) in [4.78, 5) is 20.8. The third kappa shape index (κ3) is 5.81. The van der Waals surface area contributed by atoms with Crippen LogP contribution in [0.1, 0.15) is 28.0 Å². The van der Waals surface area contributed by atoms with Gasteiger partial charge in [-0.3, -0.25) is 4.79 Å². The minimum absolute atomic E-state index is 0.192. The second kappa shape index (κ2) is 10.1. The van der Waals surface area contributed by atoms with Crippen molar-refractivity contribution in [1.82, 2.24) is 15.3 Å². The molecular formula is C22H24N4O2. The fourth-order valence-corrected chi connectivity index (χ4v) is 2.72. The summed E-state index contributed by atoms with van der Waals surface area (Å²) in [6.07, 6.45) is 3.39. The number of carbonyl (C=O) groups is 1. The van der Waals surface area contributed by atoms with Gasteiger partial charge in [0.1, 0.15) is 11.4 Å². The van der Waals surface area contributed by atoms with Gasteiger partial charge in [0.25, 0.3) is 5.91 Å². The van der Waals surface area contributed by atoms with Crippen LogP contribution in [0.2, 0.25) is 0 Å². The van der Waals surface area contributed by atoms with Crippen LogP contribution in [-0.4, -0.2) is 29.5 Å². The Morgan fingerprint density at radius 2 is 1.79 bits per heavy atom. The highest BCUT2D eigenvalue weighted by atomic mass is 16.5. The van der Waals surface area contributed by atoms with E-state index in [1.165, 1.54) is 5.56 Å². The number of aryl methyl sites for hydroxylation is 1. The van der Waals surface area contributed by atoms with Crippen LogP contribution in [0.5, 0.6) is 5.75 Å². The van der Waals surface area contributed by atoms with Gasteiger partial charge in [-0.05, 0) is 42.2 Å². The zero-order valence-corrected chi connectivity index (χ0v) is 15.9. The average Bonchev–Trinajstić information content (AvgIpc) is 2.76. The molecule has 1 amide bonds. The molecule has 0 fully saturated rings. The molecule has 144 valence electrons. The lowest BCUT2D eigenvalue weighted by atomic mass is 10.1. The molecule has 0 unspecified atom stereocenters. The highest BCUT2D eigenvalue weighted by Crippen LogP contribution is 2.12. The van der Waals surface area contributed by atoms with Crippen LogP contribution in [-0.2, 0) is 13.0 Å². The summed E-state index contributed by atoms with van der Waals surface area (Å²) in [6, 6.07) is 19.6. The number of rotatable bonds is 9. The molecule has 3 rings (SSSR count). The van der Waals surface area contributed by atoms with Crippen molar-refractivity contribution in [2.45, 2.75) is 19.4 Å². The molecule has 28 heavy (non-hydrogen) atoms. The zero-order valence-electron chi connectivity index (χ0n) is 15.9. The van der Waals surface area contributed by atoms with E-state index in [0.29, 0.717) is 24.7 Å². The van der Waals surface area contributed by atoms with Crippen molar-refractivity contribution >= 4 is 11.9 Å². The molecule has 0 atom stereocenters. The Labute approximate surface area is 165 Å². The maximum atomic E-state index is 12.3. The van der Waals surface area contributed by atoms with Crippen LogP contribution >= 0.6 is 0 Å². The summed E-state index contributed by atoms with van der Waals surface area (Å²) in [5.74, 6) is 1.04. The summed E-state index contributed by atoms with van der Waals surface area (Å²) in [5, 5.41) is 6.05. The summed E-state index contributed by atoms with van der Waals surface area (Å²) >= 11 is 0. The topological polar surface area (TPSA) is 76.1 Å². The van der Waals surface area contributed by atoms with E-state index in [0.717, 1.165) is 24.2 Å². The monoisotopic (exact) mass is 376 g/mol. The maximum Gasteiger partial charge on any atom is 0.270 e. The molecule has 0 saturated heterocycles. The van der Waals surface area contributed by atoms with E-state index < -0.39 is 0 Å². The number of ether oxygens (including phenoxy) is 1. The predicted octanol–water partition coefficient (Wildman–Crippen LogP) is 3.46. The molecule has 1 heterocycles. The van der Waals surface area contributed by atoms with Gasteiger partial charge in [0.2, 0.25) is 5.95 Å². The van der Waals surface area contributed by atoms with E-state index in [4.69, 9.17) is 4.74 Å². The minimum atomic E-state index is -0.192. The third-order valence-corrected chi connectivity index (χ3v) is 4.27. The molecule has 3 aromatic rings. The first-order valence-corrected chi connectivity index (χ1v) is 9.26. The number of hydrogen-bond donors (Lipinski definition) is 2. The van der Waals surface area contributed by atoms with Crippen molar-refractivity contribution in [3.8, 4) is 5.75 Å². The summed E-state index contributed by atoms with van der Waals surface area (Å²) in [6.45, 7) is 1.17. The van der Waals surface area contributed by atoms with Crippen molar-refractivity contribution in [3.63, 3.8) is 0 Å². The number of nitrogens with zero attached hydrogens (tertiary/aromatic N) is 2. The Hall–Kier alpha value is -3.41. The van der Waals surface area contributed by atoms with Crippen LogP contribution in [0, 0.1) is 0 Å². The van der Waals surface area contributed by atoms with Crippen LogP contribution in [0.3, 0.4) is 0 Å². The molecule has 2 N–H and O–H groups in total. The smallest absolute Gasteiger partial charge is 0.270 e. The van der Waals surface area contributed by atoms with Gasteiger partial charge in [0.05, 0.1) is 7.11 Å². The zero-order chi connectivity index (χ0) is 19.6. The normalized spacial score (nSPS) is 10.3. The number of hydrogen-bond acceptors (Lipinski definition) is 5.